The standard InChI is InChI=1S/C13H8BrF2NO3/c14-9-4-8(5-10(15)6-9)7-20-13-11(16)2-1-3-12(13)17(18)19/h1-6H,7H2. The van der Waals surface area contributed by atoms with E-state index >= 15 is 0 Å². The van der Waals surface area contributed by atoms with Crippen molar-refractivity contribution in [2.24, 2.45) is 0 Å². The first-order chi connectivity index (χ1) is 9.47. The SMILES string of the molecule is O=[N+]([O-])c1cccc(F)c1OCc1cc(F)cc(Br)c1. The minimum atomic E-state index is -0.838. The van der Waals surface area contributed by atoms with Crippen LogP contribution in [0.2, 0.25) is 0 Å². The first kappa shape index (κ1) is 14.4. The summed E-state index contributed by atoms with van der Waals surface area (Å²) < 4.78 is 32.4. The summed E-state index contributed by atoms with van der Waals surface area (Å²) >= 11 is 3.11. The number of hydrogen-bond acceptors (Lipinski definition) is 3. The molecule has 0 bridgehead atoms. The Morgan fingerprint density at radius 1 is 1.25 bits per heavy atom. The van der Waals surface area contributed by atoms with Gasteiger partial charge in [0.1, 0.15) is 12.4 Å². The van der Waals surface area contributed by atoms with Gasteiger partial charge >= 0.3 is 5.69 Å². The molecule has 20 heavy (non-hydrogen) atoms. The van der Waals surface area contributed by atoms with E-state index in [2.05, 4.69) is 15.9 Å². The molecule has 0 spiro atoms. The van der Waals surface area contributed by atoms with E-state index in [1.165, 1.54) is 18.2 Å². The molecule has 104 valence electrons. The summed E-state index contributed by atoms with van der Waals surface area (Å²) in [5, 5.41) is 10.8. The zero-order valence-electron chi connectivity index (χ0n) is 9.98. The molecular weight excluding hydrogens is 336 g/mol. The number of halogens is 3. The fourth-order valence-corrected chi connectivity index (χ4v) is 2.15. The van der Waals surface area contributed by atoms with Crippen molar-refractivity contribution in [1.29, 1.82) is 0 Å². The predicted molar refractivity (Wildman–Crippen MR) is 71.5 cm³/mol. The van der Waals surface area contributed by atoms with E-state index in [9.17, 15) is 18.9 Å². The summed E-state index contributed by atoms with van der Waals surface area (Å²) in [6.07, 6.45) is 0. The molecule has 0 amide bonds. The van der Waals surface area contributed by atoms with Crippen LogP contribution in [0.25, 0.3) is 0 Å². The lowest BCUT2D eigenvalue weighted by atomic mass is 10.2. The van der Waals surface area contributed by atoms with Gasteiger partial charge in [-0.2, -0.15) is 0 Å². The van der Waals surface area contributed by atoms with Gasteiger partial charge in [0.2, 0.25) is 5.75 Å². The van der Waals surface area contributed by atoms with Gasteiger partial charge in [0.25, 0.3) is 0 Å². The summed E-state index contributed by atoms with van der Waals surface area (Å²) in [6.45, 7) is -0.182. The monoisotopic (exact) mass is 343 g/mol. The third-order valence-electron chi connectivity index (χ3n) is 2.45. The second-order valence-electron chi connectivity index (χ2n) is 3.91. The zero-order valence-corrected chi connectivity index (χ0v) is 11.6. The summed E-state index contributed by atoms with van der Waals surface area (Å²) in [4.78, 5) is 10.0. The first-order valence-electron chi connectivity index (χ1n) is 5.48. The number of para-hydroxylation sites is 1. The van der Waals surface area contributed by atoms with Gasteiger partial charge in [-0.1, -0.05) is 22.0 Å². The van der Waals surface area contributed by atoms with Gasteiger partial charge in [-0.05, 0) is 29.8 Å². The molecule has 0 aliphatic carbocycles. The van der Waals surface area contributed by atoms with Crippen LogP contribution in [0, 0.1) is 21.7 Å². The van der Waals surface area contributed by atoms with Gasteiger partial charge in [-0.25, -0.2) is 8.78 Å². The van der Waals surface area contributed by atoms with E-state index in [1.54, 1.807) is 6.07 Å². The Morgan fingerprint density at radius 2 is 2.00 bits per heavy atom. The van der Waals surface area contributed by atoms with Crippen LogP contribution in [-0.2, 0) is 6.61 Å². The van der Waals surface area contributed by atoms with Gasteiger partial charge in [0.05, 0.1) is 4.92 Å². The average Bonchev–Trinajstić information content (AvgIpc) is 2.35. The number of ether oxygens (including phenoxy) is 1. The molecule has 2 aromatic carbocycles. The van der Waals surface area contributed by atoms with Crippen LogP contribution in [0.15, 0.2) is 40.9 Å². The van der Waals surface area contributed by atoms with Gasteiger partial charge < -0.3 is 4.74 Å². The van der Waals surface area contributed by atoms with Crippen molar-refractivity contribution in [2.45, 2.75) is 6.61 Å². The van der Waals surface area contributed by atoms with Gasteiger partial charge in [0, 0.05) is 10.5 Å². The van der Waals surface area contributed by atoms with Gasteiger partial charge in [-0.15, -0.1) is 0 Å². The summed E-state index contributed by atoms with van der Waals surface area (Å²) in [7, 11) is 0. The topological polar surface area (TPSA) is 52.4 Å². The van der Waals surface area contributed by atoms with Crippen molar-refractivity contribution >= 4 is 21.6 Å². The number of hydrogen-bond donors (Lipinski definition) is 0. The minimum Gasteiger partial charge on any atom is -0.480 e. The molecule has 4 nitrogen and oxygen atoms in total. The van der Waals surface area contributed by atoms with Crippen molar-refractivity contribution < 1.29 is 18.4 Å². The Labute approximate surface area is 121 Å². The Morgan fingerprint density at radius 3 is 2.65 bits per heavy atom. The van der Waals surface area contributed by atoms with Gasteiger partial charge in [0.15, 0.2) is 5.82 Å². The third kappa shape index (κ3) is 3.30. The quantitative estimate of drug-likeness (QED) is 0.617. The number of nitrogens with zero attached hydrogens (tertiary/aromatic N) is 1. The molecule has 0 fully saturated rings. The van der Waals surface area contributed by atoms with Crippen LogP contribution in [-0.4, -0.2) is 4.92 Å². The summed E-state index contributed by atoms with van der Waals surface area (Å²) in [5.41, 5.74) is -0.0464. The zero-order chi connectivity index (χ0) is 14.7. The summed E-state index contributed by atoms with van der Waals surface area (Å²) in [5.74, 6) is -1.78. The van der Waals surface area contributed by atoms with Crippen molar-refractivity contribution in [3.05, 3.63) is 68.2 Å². The molecule has 2 rings (SSSR count). The van der Waals surface area contributed by atoms with Crippen LogP contribution in [0.4, 0.5) is 14.5 Å². The second kappa shape index (κ2) is 5.96. The van der Waals surface area contributed by atoms with E-state index < -0.39 is 28.0 Å². The Bertz CT molecular complexity index is 644. The average molecular weight is 344 g/mol. The molecule has 0 aromatic heterocycles. The normalized spacial score (nSPS) is 10.3. The fourth-order valence-electron chi connectivity index (χ4n) is 1.63. The maximum Gasteiger partial charge on any atom is 0.314 e. The maximum atomic E-state index is 13.6. The molecule has 0 radical (unpaired) electrons. The number of rotatable bonds is 4. The highest BCUT2D eigenvalue weighted by Gasteiger charge is 2.19. The molecule has 0 unspecified atom stereocenters. The molecule has 0 aliphatic heterocycles. The fraction of sp³-hybridized carbons (Fsp3) is 0.0769. The molecule has 0 aliphatic rings. The maximum absolute atomic E-state index is 13.6. The lowest BCUT2D eigenvalue weighted by molar-refractivity contribution is -0.386. The lowest BCUT2D eigenvalue weighted by Crippen LogP contribution is -2.01. The number of benzene rings is 2. The third-order valence-corrected chi connectivity index (χ3v) is 2.91. The van der Waals surface area contributed by atoms with Gasteiger partial charge in [-0.3, -0.25) is 10.1 Å². The summed E-state index contributed by atoms with van der Waals surface area (Å²) in [6, 6.07) is 7.46. The molecule has 0 saturated carbocycles. The molecular formula is C13H8BrF2NO3. The molecule has 7 heteroatoms. The van der Waals surface area contributed by atoms with Crippen LogP contribution in [0.1, 0.15) is 5.56 Å². The van der Waals surface area contributed by atoms with Crippen molar-refractivity contribution in [3.63, 3.8) is 0 Å². The Hall–Kier alpha value is -2.02. The number of nitro benzene ring substituents is 1. The lowest BCUT2D eigenvalue weighted by Gasteiger charge is -2.08. The van der Waals surface area contributed by atoms with E-state index in [0.29, 0.717) is 10.0 Å². The van der Waals surface area contributed by atoms with Crippen LogP contribution in [0.3, 0.4) is 0 Å². The highest BCUT2D eigenvalue weighted by atomic mass is 79.9. The first-order valence-corrected chi connectivity index (χ1v) is 6.27. The number of nitro groups is 1. The Balaban J connectivity index is 2.25. The van der Waals surface area contributed by atoms with E-state index in [4.69, 9.17) is 4.74 Å². The molecule has 0 atom stereocenters. The predicted octanol–water partition coefficient (Wildman–Crippen LogP) is 4.21. The smallest absolute Gasteiger partial charge is 0.314 e. The highest BCUT2D eigenvalue weighted by Crippen LogP contribution is 2.30. The molecule has 2 aromatic rings. The second-order valence-corrected chi connectivity index (χ2v) is 4.83. The van der Waals surface area contributed by atoms with Crippen molar-refractivity contribution in [3.8, 4) is 5.75 Å². The van der Waals surface area contributed by atoms with Crippen LogP contribution in [0.5, 0.6) is 5.75 Å². The molecule has 0 N–H and O–H groups in total. The highest BCUT2D eigenvalue weighted by molar-refractivity contribution is 9.10. The molecule has 0 saturated heterocycles. The van der Waals surface area contributed by atoms with E-state index in [1.807, 2.05) is 0 Å². The Kier molecular flexibility index (Phi) is 4.29. The van der Waals surface area contributed by atoms with Crippen LogP contribution < -0.4 is 4.74 Å². The van der Waals surface area contributed by atoms with E-state index in [0.717, 1.165) is 12.1 Å². The van der Waals surface area contributed by atoms with Crippen molar-refractivity contribution in [2.75, 3.05) is 0 Å². The van der Waals surface area contributed by atoms with E-state index in [-0.39, 0.29) is 6.61 Å². The largest absolute Gasteiger partial charge is 0.480 e. The van der Waals surface area contributed by atoms with Crippen molar-refractivity contribution in [1.82, 2.24) is 0 Å². The van der Waals surface area contributed by atoms with Crippen LogP contribution >= 0.6 is 15.9 Å². The minimum absolute atomic E-state index is 0.182. The molecule has 0 heterocycles.